The molecule has 0 aliphatic carbocycles. The third-order valence-electron chi connectivity index (χ3n) is 3.35. The highest BCUT2D eigenvalue weighted by Crippen LogP contribution is 2.26. The summed E-state index contributed by atoms with van der Waals surface area (Å²) in [5.41, 5.74) is 17.0. The van der Waals surface area contributed by atoms with Gasteiger partial charge in [0.15, 0.2) is 5.82 Å². The van der Waals surface area contributed by atoms with Crippen LogP contribution < -0.4 is 22.1 Å². The lowest BCUT2D eigenvalue weighted by atomic mass is 9.96. The first-order valence-corrected chi connectivity index (χ1v) is 6.09. The predicted octanol–water partition coefficient (Wildman–Crippen LogP) is -0.536. The molecule has 7 nitrogen and oxygen atoms in total. The zero-order chi connectivity index (χ0) is 14.0. The number of piperidine rings is 1. The van der Waals surface area contributed by atoms with Crippen LogP contribution >= 0.6 is 0 Å². The van der Waals surface area contributed by atoms with Crippen molar-refractivity contribution in [2.24, 2.45) is 17.4 Å². The maximum Gasteiger partial charge on any atom is 0.267 e. The lowest BCUT2D eigenvalue weighted by Gasteiger charge is -2.32. The molecule has 2 amide bonds. The van der Waals surface area contributed by atoms with Crippen LogP contribution in [0.5, 0.6) is 0 Å². The summed E-state index contributed by atoms with van der Waals surface area (Å²) in [6.07, 6.45) is 1.33. The minimum Gasteiger partial charge on any atom is -0.396 e. The van der Waals surface area contributed by atoms with Crippen molar-refractivity contribution in [3.05, 3.63) is 17.8 Å². The Bertz CT molecular complexity index is 509. The quantitative estimate of drug-likeness (QED) is 0.675. The Kier molecular flexibility index (Phi) is 3.55. The maximum atomic E-state index is 11.1. The van der Waals surface area contributed by atoms with Crippen molar-refractivity contribution in [2.75, 3.05) is 23.7 Å². The van der Waals surface area contributed by atoms with Crippen molar-refractivity contribution in [3.8, 4) is 0 Å². The Morgan fingerprint density at radius 2 is 1.84 bits per heavy atom. The zero-order valence-electron chi connectivity index (χ0n) is 10.5. The smallest absolute Gasteiger partial charge is 0.267 e. The molecule has 0 unspecified atom stereocenters. The number of nitrogens with zero attached hydrogens (tertiary/aromatic N) is 2. The minimum absolute atomic E-state index is 0.100. The Hall–Kier alpha value is -2.31. The van der Waals surface area contributed by atoms with Crippen LogP contribution in [0.1, 0.15) is 23.3 Å². The molecule has 1 aromatic rings. The molecule has 0 aromatic carbocycles. The van der Waals surface area contributed by atoms with E-state index in [1.54, 1.807) is 6.07 Å². The Labute approximate surface area is 110 Å². The standard InChI is InChI=1S/C12H17N5O2/c13-8-1-2-9(11(15)19)16-12(8)17-5-3-7(4-6-17)10(14)18/h1-2,7H,3-6,13H2,(H2,14,18)(H2,15,19). The van der Waals surface area contributed by atoms with Gasteiger partial charge in [-0.05, 0) is 25.0 Å². The second-order valence-corrected chi connectivity index (χ2v) is 4.64. The number of hydrogen-bond donors (Lipinski definition) is 3. The van der Waals surface area contributed by atoms with E-state index in [0.29, 0.717) is 37.4 Å². The first kappa shape index (κ1) is 13.1. The van der Waals surface area contributed by atoms with Crippen LogP contribution in [0.15, 0.2) is 12.1 Å². The number of hydrogen-bond acceptors (Lipinski definition) is 5. The van der Waals surface area contributed by atoms with Gasteiger partial charge in [-0.3, -0.25) is 9.59 Å². The number of rotatable bonds is 3. The number of amides is 2. The second-order valence-electron chi connectivity index (χ2n) is 4.64. The molecule has 1 aliphatic heterocycles. The highest BCUT2D eigenvalue weighted by atomic mass is 16.1. The highest BCUT2D eigenvalue weighted by molar-refractivity contribution is 5.92. The molecular formula is C12H17N5O2. The number of aromatic nitrogens is 1. The molecule has 0 spiro atoms. The average Bonchev–Trinajstić information content (AvgIpc) is 2.39. The third kappa shape index (κ3) is 2.75. The van der Waals surface area contributed by atoms with E-state index >= 15 is 0 Å². The summed E-state index contributed by atoms with van der Waals surface area (Å²) in [5.74, 6) is -0.421. The predicted molar refractivity (Wildman–Crippen MR) is 71.3 cm³/mol. The van der Waals surface area contributed by atoms with Gasteiger partial charge >= 0.3 is 0 Å². The van der Waals surface area contributed by atoms with E-state index in [2.05, 4.69) is 4.98 Å². The van der Waals surface area contributed by atoms with Crippen LogP contribution in [-0.2, 0) is 4.79 Å². The molecule has 1 aromatic heterocycles. The van der Waals surface area contributed by atoms with Crippen molar-refractivity contribution in [1.82, 2.24) is 4.98 Å². The fourth-order valence-corrected chi connectivity index (χ4v) is 2.23. The van der Waals surface area contributed by atoms with Gasteiger partial charge < -0.3 is 22.1 Å². The van der Waals surface area contributed by atoms with Crippen LogP contribution in [-0.4, -0.2) is 29.9 Å². The normalized spacial score (nSPS) is 16.3. The fraction of sp³-hybridized carbons (Fsp3) is 0.417. The van der Waals surface area contributed by atoms with Crippen LogP contribution in [0, 0.1) is 5.92 Å². The van der Waals surface area contributed by atoms with Crippen LogP contribution in [0.3, 0.4) is 0 Å². The van der Waals surface area contributed by atoms with Gasteiger partial charge in [0.05, 0.1) is 5.69 Å². The van der Waals surface area contributed by atoms with Gasteiger partial charge in [-0.25, -0.2) is 4.98 Å². The summed E-state index contributed by atoms with van der Waals surface area (Å²) >= 11 is 0. The minimum atomic E-state index is -0.590. The van der Waals surface area contributed by atoms with E-state index in [9.17, 15) is 9.59 Å². The van der Waals surface area contributed by atoms with Gasteiger partial charge in [0, 0.05) is 19.0 Å². The molecule has 2 heterocycles. The van der Waals surface area contributed by atoms with E-state index in [4.69, 9.17) is 17.2 Å². The fourth-order valence-electron chi connectivity index (χ4n) is 2.23. The maximum absolute atomic E-state index is 11.1. The van der Waals surface area contributed by atoms with Gasteiger partial charge in [0.2, 0.25) is 5.91 Å². The second kappa shape index (κ2) is 5.13. The number of anilines is 2. The molecule has 0 atom stereocenters. The number of carbonyl (C=O) groups is 2. The number of pyridine rings is 1. The Morgan fingerprint density at radius 1 is 1.21 bits per heavy atom. The molecule has 0 radical (unpaired) electrons. The molecule has 1 saturated heterocycles. The molecule has 0 saturated carbocycles. The zero-order valence-corrected chi connectivity index (χ0v) is 10.5. The molecule has 6 N–H and O–H groups in total. The summed E-state index contributed by atoms with van der Waals surface area (Å²) in [6, 6.07) is 3.11. The summed E-state index contributed by atoms with van der Waals surface area (Å²) in [5, 5.41) is 0. The first-order valence-electron chi connectivity index (χ1n) is 6.09. The van der Waals surface area contributed by atoms with Gasteiger partial charge in [-0.1, -0.05) is 0 Å². The van der Waals surface area contributed by atoms with Crippen LogP contribution in [0.25, 0.3) is 0 Å². The van der Waals surface area contributed by atoms with Crippen LogP contribution in [0.2, 0.25) is 0 Å². The monoisotopic (exact) mass is 263 g/mol. The lowest BCUT2D eigenvalue weighted by molar-refractivity contribution is -0.122. The Balaban J connectivity index is 2.17. The number of carbonyl (C=O) groups excluding carboxylic acids is 2. The number of nitrogen functional groups attached to an aromatic ring is 1. The summed E-state index contributed by atoms with van der Waals surface area (Å²) in [7, 11) is 0. The van der Waals surface area contributed by atoms with Crippen molar-refractivity contribution >= 4 is 23.3 Å². The molecule has 7 heteroatoms. The topological polar surface area (TPSA) is 128 Å². The molecule has 102 valence electrons. The van der Waals surface area contributed by atoms with E-state index in [-0.39, 0.29) is 17.5 Å². The van der Waals surface area contributed by atoms with E-state index in [0.717, 1.165) is 0 Å². The van der Waals surface area contributed by atoms with E-state index < -0.39 is 5.91 Å². The number of primary amides is 2. The summed E-state index contributed by atoms with van der Waals surface area (Å²) in [6.45, 7) is 1.26. The third-order valence-corrected chi connectivity index (χ3v) is 3.35. The summed E-state index contributed by atoms with van der Waals surface area (Å²) in [4.78, 5) is 28.4. The van der Waals surface area contributed by atoms with Gasteiger partial charge in [0.25, 0.3) is 5.91 Å². The Morgan fingerprint density at radius 3 is 2.37 bits per heavy atom. The molecule has 0 bridgehead atoms. The van der Waals surface area contributed by atoms with Gasteiger partial charge in [0.1, 0.15) is 5.69 Å². The first-order chi connectivity index (χ1) is 8.99. The number of nitrogens with two attached hydrogens (primary N) is 3. The van der Waals surface area contributed by atoms with Crippen molar-refractivity contribution in [3.63, 3.8) is 0 Å². The van der Waals surface area contributed by atoms with Gasteiger partial charge in [-0.15, -0.1) is 0 Å². The SMILES string of the molecule is NC(=O)c1ccc(N)c(N2CCC(C(N)=O)CC2)n1. The largest absolute Gasteiger partial charge is 0.396 e. The van der Waals surface area contributed by atoms with E-state index in [1.807, 2.05) is 4.90 Å². The molecule has 2 rings (SSSR count). The van der Waals surface area contributed by atoms with Crippen molar-refractivity contribution in [2.45, 2.75) is 12.8 Å². The van der Waals surface area contributed by atoms with Gasteiger partial charge in [-0.2, -0.15) is 0 Å². The summed E-state index contributed by atoms with van der Waals surface area (Å²) < 4.78 is 0. The van der Waals surface area contributed by atoms with E-state index in [1.165, 1.54) is 6.07 Å². The lowest BCUT2D eigenvalue weighted by Crippen LogP contribution is -2.39. The van der Waals surface area contributed by atoms with Crippen LogP contribution in [0.4, 0.5) is 11.5 Å². The van der Waals surface area contributed by atoms with Crippen molar-refractivity contribution < 1.29 is 9.59 Å². The highest BCUT2D eigenvalue weighted by Gasteiger charge is 2.25. The van der Waals surface area contributed by atoms with Crippen molar-refractivity contribution in [1.29, 1.82) is 0 Å². The average molecular weight is 263 g/mol. The molecular weight excluding hydrogens is 246 g/mol. The molecule has 1 fully saturated rings. The molecule has 19 heavy (non-hydrogen) atoms. The molecule has 1 aliphatic rings.